The minimum absolute atomic E-state index is 0.124. The molecule has 0 fully saturated rings. The zero-order chi connectivity index (χ0) is 19.6. The summed E-state index contributed by atoms with van der Waals surface area (Å²) in [6.45, 7) is 10.7. The summed E-state index contributed by atoms with van der Waals surface area (Å²) in [5, 5.41) is -0.124. The number of rotatable bonds is 5. The van der Waals surface area contributed by atoms with Gasteiger partial charge in [-0.3, -0.25) is 4.79 Å². The third-order valence-electron chi connectivity index (χ3n) is 3.02. The van der Waals surface area contributed by atoms with Gasteiger partial charge in [-0.25, -0.2) is 13.3 Å². The Morgan fingerprint density at radius 2 is 1.88 bits per heavy atom. The lowest BCUT2D eigenvalue weighted by Gasteiger charge is -2.27. The molecule has 0 aliphatic carbocycles. The second-order valence-corrected chi connectivity index (χ2v) is 10.8. The summed E-state index contributed by atoms with van der Waals surface area (Å²) in [5.74, 6) is -1.11. The van der Waals surface area contributed by atoms with E-state index in [1.54, 1.807) is 41.5 Å². The van der Waals surface area contributed by atoms with Crippen LogP contribution in [0.15, 0.2) is 16.6 Å². The van der Waals surface area contributed by atoms with Crippen molar-refractivity contribution in [1.29, 1.82) is 0 Å². The van der Waals surface area contributed by atoms with Crippen molar-refractivity contribution in [2.75, 3.05) is 0 Å². The van der Waals surface area contributed by atoms with Gasteiger partial charge in [-0.1, -0.05) is 27.5 Å². The van der Waals surface area contributed by atoms with Crippen LogP contribution in [0.5, 0.6) is 0 Å². The van der Waals surface area contributed by atoms with Gasteiger partial charge in [0.05, 0.1) is 33.2 Å². The summed E-state index contributed by atoms with van der Waals surface area (Å²) in [6, 6.07) is 1.95. The van der Waals surface area contributed by atoms with Crippen LogP contribution < -0.4 is 4.72 Å². The van der Waals surface area contributed by atoms with Crippen LogP contribution in [0, 0.1) is 5.82 Å². The third kappa shape index (κ3) is 6.96. The molecule has 0 bridgehead atoms. The fourth-order valence-corrected chi connectivity index (χ4v) is 3.75. The molecule has 0 aliphatic heterocycles. The van der Waals surface area contributed by atoms with Crippen LogP contribution in [0.3, 0.4) is 0 Å². The van der Waals surface area contributed by atoms with Gasteiger partial charge in [-0.05, 0) is 53.7 Å². The number of carbonyl (C=O) groups excluding carboxylic acids is 1. The molecule has 0 saturated carbocycles. The topological polar surface area (TPSA) is 55.4 Å². The highest BCUT2D eigenvalue weighted by Gasteiger charge is 2.30. The number of carbonyl (C=O) groups is 1. The van der Waals surface area contributed by atoms with Crippen LogP contribution >= 0.6 is 27.5 Å². The number of esters is 1. The Balaban J connectivity index is 3.23. The van der Waals surface area contributed by atoms with E-state index >= 15 is 0 Å². The van der Waals surface area contributed by atoms with Gasteiger partial charge in [0, 0.05) is 10.0 Å². The van der Waals surface area contributed by atoms with Crippen molar-refractivity contribution in [3.8, 4) is 0 Å². The number of halogens is 3. The van der Waals surface area contributed by atoms with Crippen molar-refractivity contribution >= 4 is 44.5 Å². The highest BCUT2D eigenvalue weighted by Crippen LogP contribution is 2.35. The third-order valence-corrected chi connectivity index (χ3v) is 5.71. The number of nitrogens with one attached hydrogen (secondary N) is 1. The molecule has 1 aromatic carbocycles. The molecule has 1 N–H and O–H groups in total. The van der Waals surface area contributed by atoms with Crippen LogP contribution in [0.1, 0.15) is 59.6 Å². The molecule has 0 aliphatic rings. The van der Waals surface area contributed by atoms with Gasteiger partial charge >= 0.3 is 5.97 Å². The Labute approximate surface area is 164 Å². The molecule has 0 radical (unpaired) electrons. The highest BCUT2D eigenvalue weighted by atomic mass is 79.9. The van der Waals surface area contributed by atoms with Crippen molar-refractivity contribution < 1.29 is 18.1 Å². The Kier molecular flexibility index (Phi) is 7.63. The second kappa shape index (κ2) is 8.46. The van der Waals surface area contributed by atoms with Crippen LogP contribution in [0.4, 0.5) is 4.39 Å². The van der Waals surface area contributed by atoms with E-state index in [1.165, 1.54) is 12.1 Å². The fourth-order valence-electron chi connectivity index (χ4n) is 1.92. The lowest BCUT2D eigenvalue weighted by Crippen LogP contribution is -2.37. The van der Waals surface area contributed by atoms with Crippen LogP contribution in [-0.2, 0) is 20.5 Å². The lowest BCUT2D eigenvalue weighted by atomic mass is 10.0. The van der Waals surface area contributed by atoms with E-state index in [2.05, 4.69) is 20.7 Å². The summed E-state index contributed by atoms with van der Waals surface area (Å²) >= 11 is 9.44. The molecule has 0 heterocycles. The highest BCUT2D eigenvalue weighted by molar-refractivity contribution is 9.10. The number of ether oxygens (including phenoxy) is 1. The first-order valence-electron chi connectivity index (χ1n) is 7.75. The van der Waals surface area contributed by atoms with Gasteiger partial charge in [-0.2, -0.15) is 0 Å². The minimum Gasteiger partial charge on any atom is -0.460 e. The first-order chi connectivity index (χ1) is 11.2. The van der Waals surface area contributed by atoms with Crippen molar-refractivity contribution in [3.05, 3.63) is 33.0 Å². The van der Waals surface area contributed by atoms with E-state index in [0.29, 0.717) is 10.0 Å². The molecular weight excluding hydrogens is 433 g/mol. The summed E-state index contributed by atoms with van der Waals surface area (Å²) in [5.41, 5.74) is -0.321. The maximum atomic E-state index is 13.9. The maximum absolute atomic E-state index is 13.9. The van der Waals surface area contributed by atoms with Crippen LogP contribution in [0.25, 0.3) is 0 Å². The Morgan fingerprint density at radius 1 is 1.32 bits per heavy atom. The van der Waals surface area contributed by atoms with E-state index in [0.717, 1.165) is 0 Å². The van der Waals surface area contributed by atoms with Crippen molar-refractivity contribution in [3.63, 3.8) is 0 Å². The zero-order valence-corrected chi connectivity index (χ0v) is 18.4. The molecule has 0 saturated heterocycles. The summed E-state index contributed by atoms with van der Waals surface area (Å²) in [7, 11) is -1.49. The van der Waals surface area contributed by atoms with Gasteiger partial charge in [0.25, 0.3) is 0 Å². The normalized spacial score (nSPS) is 14.9. The molecular formula is C17H24BrClFNO3S. The molecule has 1 aromatic rings. The molecule has 4 nitrogen and oxygen atoms in total. The molecule has 0 aromatic heterocycles. The molecule has 0 amide bonds. The van der Waals surface area contributed by atoms with E-state index in [1.807, 2.05) is 0 Å². The molecule has 8 heteroatoms. The molecule has 0 spiro atoms. The minimum atomic E-state index is -1.49. The number of hydrogen-bond donors (Lipinski definition) is 1. The van der Waals surface area contributed by atoms with E-state index < -0.39 is 39.2 Å². The smallest absolute Gasteiger partial charge is 0.308 e. The zero-order valence-electron chi connectivity index (χ0n) is 15.2. The Bertz CT molecular complexity index is 671. The van der Waals surface area contributed by atoms with Crippen LogP contribution in [0.2, 0.25) is 5.02 Å². The Morgan fingerprint density at radius 3 is 2.36 bits per heavy atom. The second-order valence-electron chi connectivity index (χ2n) is 7.60. The lowest BCUT2D eigenvalue weighted by molar-refractivity contribution is -0.155. The number of benzene rings is 1. The molecule has 0 unspecified atom stereocenters. The van der Waals surface area contributed by atoms with E-state index in [9.17, 15) is 13.4 Å². The summed E-state index contributed by atoms with van der Waals surface area (Å²) in [4.78, 5) is 12.3. The molecule has 2 atom stereocenters. The molecule has 25 heavy (non-hydrogen) atoms. The molecule has 142 valence electrons. The van der Waals surface area contributed by atoms with Gasteiger partial charge in [0.1, 0.15) is 11.4 Å². The van der Waals surface area contributed by atoms with Gasteiger partial charge in [-0.15, -0.1) is 0 Å². The quantitative estimate of drug-likeness (QED) is 0.497. The average Bonchev–Trinajstić information content (AvgIpc) is 2.40. The molecule has 1 rings (SSSR count). The largest absolute Gasteiger partial charge is 0.460 e. The van der Waals surface area contributed by atoms with Crippen molar-refractivity contribution in [2.45, 2.75) is 64.4 Å². The standard InChI is InChI=1S/C17H24BrClFNO3S/c1-16(2,3)24-13(22)9-12(21-25(23)17(4,5)6)14-10(18)7-8-11(20)15(14)19/h7-8,12,21H,9H2,1-6H3/t12-,25+/m1/s1. The van der Waals surface area contributed by atoms with Crippen LogP contribution in [-0.4, -0.2) is 20.5 Å². The fraction of sp³-hybridized carbons (Fsp3) is 0.588. The van der Waals surface area contributed by atoms with Crippen molar-refractivity contribution in [2.24, 2.45) is 0 Å². The van der Waals surface area contributed by atoms with Crippen molar-refractivity contribution in [1.82, 2.24) is 4.72 Å². The first kappa shape index (κ1) is 22.5. The van der Waals surface area contributed by atoms with E-state index in [4.69, 9.17) is 16.3 Å². The predicted molar refractivity (Wildman–Crippen MR) is 103 cm³/mol. The SMILES string of the molecule is CC(C)(C)OC(=O)C[C@@H](N[S@@](=O)C(C)(C)C)c1c(Br)ccc(F)c1Cl. The summed E-state index contributed by atoms with van der Waals surface area (Å²) < 4.78 is 34.6. The average molecular weight is 457 g/mol. The Hall–Kier alpha value is -0.500. The van der Waals surface area contributed by atoms with Gasteiger partial charge in [0.2, 0.25) is 0 Å². The monoisotopic (exact) mass is 455 g/mol. The van der Waals surface area contributed by atoms with Gasteiger partial charge in [0.15, 0.2) is 0 Å². The van der Waals surface area contributed by atoms with E-state index in [-0.39, 0.29) is 11.4 Å². The maximum Gasteiger partial charge on any atom is 0.308 e. The predicted octanol–water partition coefficient (Wildman–Crippen LogP) is 5.07. The summed E-state index contributed by atoms with van der Waals surface area (Å²) in [6.07, 6.45) is -0.138. The first-order valence-corrected chi connectivity index (χ1v) is 10.1. The number of hydrogen-bond acceptors (Lipinski definition) is 3. The van der Waals surface area contributed by atoms with Gasteiger partial charge < -0.3 is 4.74 Å².